The predicted molar refractivity (Wildman–Crippen MR) is 72.8 cm³/mol. The Kier molecular flexibility index (Phi) is 5.34. The molecule has 0 saturated heterocycles. The number of aliphatic hydroxyl groups is 1. The summed E-state index contributed by atoms with van der Waals surface area (Å²) in [4.78, 5) is 2.29. The molecule has 2 rings (SSSR count). The summed E-state index contributed by atoms with van der Waals surface area (Å²) in [6, 6.07) is 0.551. The molecule has 5 heteroatoms. The number of aliphatic hydroxyl groups excluding tert-OH is 1. The highest BCUT2D eigenvalue weighted by atomic mass is 16.4. The van der Waals surface area contributed by atoms with E-state index in [4.69, 9.17) is 4.42 Å². The highest BCUT2D eigenvalue weighted by Gasteiger charge is 2.22. The van der Waals surface area contributed by atoms with Gasteiger partial charge in [-0.2, -0.15) is 0 Å². The maximum atomic E-state index is 9.23. The van der Waals surface area contributed by atoms with E-state index in [0.717, 1.165) is 0 Å². The van der Waals surface area contributed by atoms with Crippen molar-refractivity contribution in [1.29, 1.82) is 0 Å². The maximum absolute atomic E-state index is 9.23. The van der Waals surface area contributed by atoms with Gasteiger partial charge in [-0.3, -0.25) is 4.90 Å². The Hall–Kier alpha value is -0.940. The molecule has 1 N–H and O–H groups in total. The van der Waals surface area contributed by atoms with Crippen molar-refractivity contribution in [2.75, 3.05) is 13.2 Å². The van der Waals surface area contributed by atoms with Gasteiger partial charge >= 0.3 is 0 Å². The molecule has 1 aromatic rings. The van der Waals surface area contributed by atoms with E-state index in [9.17, 15) is 5.11 Å². The van der Waals surface area contributed by atoms with Crippen LogP contribution in [0.5, 0.6) is 0 Å². The second-order valence-electron chi connectivity index (χ2n) is 5.67. The van der Waals surface area contributed by atoms with Crippen molar-refractivity contribution in [3.05, 3.63) is 11.8 Å². The van der Waals surface area contributed by atoms with Gasteiger partial charge in [0.2, 0.25) is 11.8 Å². The number of nitrogens with zero attached hydrogens (tertiary/aromatic N) is 3. The molecular weight excluding hydrogens is 242 g/mol. The van der Waals surface area contributed by atoms with E-state index in [-0.39, 0.29) is 12.5 Å². The van der Waals surface area contributed by atoms with Crippen LogP contribution in [0.2, 0.25) is 0 Å². The third kappa shape index (κ3) is 4.01. The van der Waals surface area contributed by atoms with Crippen molar-refractivity contribution in [1.82, 2.24) is 15.1 Å². The van der Waals surface area contributed by atoms with Crippen LogP contribution in [0.15, 0.2) is 4.42 Å². The molecule has 0 amide bonds. The Morgan fingerprint density at radius 2 is 2.00 bits per heavy atom. The van der Waals surface area contributed by atoms with Crippen molar-refractivity contribution in [2.45, 2.75) is 64.5 Å². The van der Waals surface area contributed by atoms with Gasteiger partial charge in [0, 0.05) is 18.5 Å². The summed E-state index contributed by atoms with van der Waals surface area (Å²) >= 11 is 0. The fourth-order valence-corrected chi connectivity index (χ4v) is 2.70. The van der Waals surface area contributed by atoms with Crippen LogP contribution in [-0.4, -0.2) is 39.4 Å². The van der Waals surface area contributed by atoms with E-state index in [1.54, 1.807) is 0 Å². The summed E-state index contributed by atoms with van der Waals surface area (Å²) < 4.78 is 5.67. The molecule has 5 nitrogen and oxygen atoms in total. The zero-order valence-corrected chi connectivity index (χ0v) is 12.0. The van der Waals surface area contributed by atoms with Crippen LogP contribution in [0.1, 0.15) is 63.7 Å². The normalized spacial score (nSPS) is 17.5. The first kappa shape index (κ1) is 14.5. The zero-order chi connectivity index (χ0) is 13.7. The van der Waals surface area contributed by atoms with Crippen molar-refractivity contribution < 1.29 is 9.52 Å². The van der Waals surface area contributed by atoms with E-state index >= 15 is 0 Å². The molecule has 19 heavy (non-hydrogen) atoms. The topological polar surface area (TPSA) is 62.4 Å². The average Bonchev–Trinajstić information content (AvgIpc) is 2.88. The highest BCUT2D eigenvalue weighted by Crippen LogP contribution is 2.24. The van der Waals surface area contributed by atoms with Crippen LogP contribution in [0.25, 0.3) is 0 Å². The molecule has 0 aliphatic heterocycles. The van der Waals surface area contributed by atoms with Crippen LogP contribution < -0.4 is 0 Å². The molecular formula is C14H25N3O2. The lowest BCUT2D eigenvalue weighted by Crippen LogP contribution is -2.38. The minimum Gasteiger partial charge on any atom is -0.424 e. The van der Waals surface area contributed by atoms with E-state index in [1.807, 2.05) is 13.8 Å². The minimum absolute atomic E-state index is 0.182. The summed E-state index contributed by atoms with van der Waals surface area (Å²) in [6.07, 6.45) is 6.33. The Bertz CT molecular complexity index is 373. The van der Waals surface area contributed by atoms with E-state index in [1.165, 1.54) is 32.1 Å². The highest BCUT2D eigenvalue weighted by molar-refractivity contribution is 4.88. The number of hydrogen-bond acceptors (Lipinski definition) is 5. The van der Waals surface area contributed by atoms with Gasteiger partial charge in [-0.15, -0.1) is 10.2 Å². The third-order valence-electron chi connectivity index (χ3n) is 3.79. The van der Waals surface area contributed by atoms with Gasteiger partial charge in [0.25, 0.3) is 0 Å². The Balaban J connectivity index is 1.98. The Morgan fingerprint density at radius 1 is 1.26 bits per heavy atom. The van der Waals surface area contributed by atoms with Crippen LogP contribution in [0.4, 0.5) is 0 Å². The van der Waals surface area contributed by atoms with Crippen molar-refractivity contribution in [2.24, 2.45) is 0 Å². The standard InChI is InChI=1S/C14H25N3O2/c1-11(2)14-16-15-13(19-14)10-17(8-9-18)12-6-4-3-5-7-12/h11-12,18H,3-10H2,1-2H3. The van der Waals surface area contributed by atoms with E-state index in [0.29, 0.717) is 30.9 Å². The van der Waals surface area contributed by atoms with Crippen LogP contribution in [0, 0.1) is 0 Å². The van der Waals surface area contributed by atoms with Gasteiger partial charge in [0.1, 0.15) is 0 Å². The molecule has 0 unspecified atom stereocenters. The van der Waals surface area contributed by atoms with E-state index < -0.39 is 0 Å². The molecule has 1 aliphatic carbocycles. The number of rotatable bonds is 6. The molecule has 1 fully saturated rings. The summed E-state index contributed by atoms with van der Waals surface area (Å²) in [5.74, 6) is 1.63. The molecule has 1 heterocycles. The third-order valence-corrected chi connectivity index (χ3v) is 3.79. The van der Waals surface area contributed by atoms with E-state index in [2.05, 4.69) is 15.1 Å². The van der Waals surface area contributed by atoms with Crippen molar-refractivity contribution >= 4 is 0 Å². The van der Waals surface area contributed by atoms with Gasteiger partial charge in [-0.05, 0) is 12.8 Å². The maximum Gasteiger partial charge on any atom is 0.230 e. The van der Waals surface area contributed by atoms with Crippen LogP contribution in [-0.2, 0) is 6.54 Å². The second kappa shape index (κ2) is 7.01. The zero-order valence-electron chi connectivity index (χ0n) is 12.0. The quantitative estimate of drug-likeness (QED) is 0.857. The van der Waals surface area contributed by atoms with Gasteiger partial charge in [-0.1, -0.05) is 33.1 Å². The molecule has 1 saturated carbocycles. The second-order valence-corrected chi connectivity index (χ2v) is 5.67. The van der Waals surface area contributed by atoms with Crippen molar-refractivity contribution in [3.63, 3.8) is 0 Å². The fourth-order valence-electron chi connectivity index (χ4n) is 2.70. The van der Waals surface area contributed by atoms with Gasteiger partial charge < -0.3 is 9.52 Å². The lowest BCUT2D eigenvalue weighted by Gasteiger charge is -2.32. The summed E-state index contributed by atoms with van der Waals surface area (Å²) in [7, 11) is 0. The first-order valence-electron chi connectivity index (χ1n) is 7.38. The summed E-state index contributed by atoms with van der Waals surface area (Å²) in [5.41, 5.74) is 0. The SMILES string of the molecule is CC(C)c1nnc(CN(CCO)C2CCCCC2)o1. The molecule has 108 valence electrons. The Morgan fingerprint density at radius 3 is 2.58 bits per heavy atom. The number of hydrogen-bond donors (Lipinski definition) is 1. The minimum atomic E-state index is 0.182. The van der Waals surface area contributed by atoms with Crippen LogP contribution in [0.3, 0.4) is 0 Å². The van der Waals surface area contributed by atoms with Gasteiger partial charge in [0.05, 0.1) is 13.2 Å². The van der Waals surface area contributed by atoms with Gasteiger partial charge in [0.15, 0.2) is 0 Å². The largest absolute Gasteiger partial charge is 0.424 e. The molecule has 0 bridgehead atoms. The summed E-state index contributed by atoms with van der Waals surface area (Å²) in [6.45, 7) is 5.62. The molecule has 0 radical (unpaired) electrons. The fraction of sp³-hybridized carbons (Fsp3) is 0.857. The molecule has 1 aliphatic rings. The number of aromatic nitrogens is 2. The smallest absolute Gasteiger partial charge is 0.230 e. The first-order chi connectivity index (χ1) is 9.20. The first-order valence-corrected chi connectivity index (χ1v) is 7.38. The lowest BCUT2D eigenvalue weighted by atomic mass is 9.94. The lowest BCUT2D eigenvalue weighted by molar-refractivity contribution is 0.107. The average molecular weight is 267 g/mol. The molecule has 0 atom stereocenters. The van der Waals surface area contributed by atoms with Crippen LogP contribution >= 0.6 is 0 Å². The predicted octanol–water partition coefficient (Wildman–Crippen LogP) is 2.32. The summed E-state index contributed by atoms with van der Waals surface area (Å²) in [5, 5.41) is 17.4. The van der Waals surface area contributed by atoms with Gasteiger partial charge in [-0.25, -0.2) is 0 Å². The van der Waals surface area contributed by atoms with Crippen molar-refractivity contribution in [3.8, 4) is 0 Å². The molecule has 0 spiro atoms. The monoisotopic (exact) mass is 267 g/mol. The molecule has 0 aromatic carbocycles. The Labute approximate surface area is 115 Å². The molecule has 1 aromatic heterocycles.